The molecule has 0 saturated carbocycles. The van der Waals surface area contributed by atoms with Crippen molar-refractivity contribution in [1.82, 2.24) is 0 Å². The molecule has 0 bridgehead atoms. The molecule has 3 N–H and O–H groups in total. The van der Waals surface area contributed by atoms with E-state index in [0.717, 1.165) is 43.5 Å². The molecule has 1 aromatic rings. The molecule has 2 rings (SSSR count). The van der Waals surface area contributed by atoms with Crippen LogP contribution in [0.2, 0.25) is 0 Å². The van der Waals surface area contributed by atoms with Gasteiger partial charge in [0.05, 0.1) is 5.56 Å². The van der Waals surface area contributed by atoms with Gasteiger partial charge in [0.1, 0.15) is 11.1 Å². The topological polar surface area (TPSA) is 78.9 Å². The smallest absolute Gasteiger partial charge is 0.225 e. The summed E-state index contributed by atoms with van der Waals surface area (Å²) in [5.74, 6) is 0.678. The molecule has 0 saturated heterocycles. The maximum atomic E-state index is 12.0. The van der Waals surface area contributed by atoms with E-state index in [1.54, 1.807) is 11.3 Å². The quantitative estimate of drug-likeness (QED) is 0.792. The van der Waals surface area contributed by atoms with Crippen LogP contribution in [-0.2, 0) is 17.6 Å². The molecule has 0 spiro atoms. The van der Waals surface area contributed by atoms with Crippen LogP contribution in [0.15, 0.2) is 0 Å². The average Bonchev–Trinajstić information content (AvgIpc) is 2.79. The molecule has 1 atom stereocenters. The third-order valence-electron chi connectivity index (χ3n) is 3.98. The standard InChI is InChI=1S/C16H23N3OS/c1-11-6-7-12-13(10-18)16(21-14(12)9-11)19-15(20)5-3-2-4-8-17/h11H,2-9,17H2,1H3,(H,19,20). The predicted octanol–water partition coefficient (Wildman–Crippen LogP) is 3.20. The van der Waals surface area contributed by atoms with Crippen LogP contribution in [0.1, 0.15) is 55.0 Å². The van der Waals surface area contributed by atoms with Crippen LogP contribution in [-0.4, -0.2) is 12.5 Å². The van der Waals surface area contributed by atoms with Gasteiger partial charge < -0.3 is 11.1 Å². The first-order valence-electron chi connectivity index (χ1n) is 7.70. The van der Waals surface area contributed by atoms with Gasteiger partial charge >= 0.3 is 0 Å². The van der Waals surface area contributed by atoms with Crippen LogP contribution in [0.5, 0.6) is 0 Å². The van der Waals surface area contributed by atoms with Crippen LogP contribution < -0.4 is 11.1 Å². The fourth-order valence-electron chi connectivity index (χ4n) is 2.75. The molecule has 1 aliphatic rings. The molecule has 1 aromatic heterocycles. The molecule has 1 amide bonds. The molecule has 21 heavy (non-hydrogen) atoms. The summed E-state index contributed by atoms with van der Waals surface area (Å²) in [6, 6.07) is 2.28. The van der Waals surface area contributed by atoms with E-state index in [9.17, 15) is 10.1 Å². The first kappa shape index (κ1) is 16.0. The van der Waals surface area contributed by atoms with Crippen LogP contribution in [0.25, 0.3) is 0 Å². The summed E-state index contributed by atoms with van der Waals surface area (Å²) < 4.78 is 0. The van der Waals surface area contributed by atoms with Gasteiger partial charge in [-0.2, -0.15) is 5.26 Å². The normalized spacial score (nSPS) is 17.1. The summed E-state index contributed by atoms with van der Waals surface area (Å²) >= 11 is 1.59. The van der Waals surface area contributed by atoms with Crippen molar-refractivity contribution >= 4 is 22.2 Å². The second kappa shape index (κ2) is 7.58. The van der Waals surface area contributed by atoms with Gasteiger partial charge in [0.25, 0.3) is 0 Å². The Morgan fingerprint density at radius 3 is 3.00 bits per heavy atom. The van der Waals surface area contributed by atoms with E-state index in [4.69, 9.17) is 5.73 Å². The highest BCUT2D eigenvalue weighted by Gasteiger charge is 2.24. The van der Waals surface area contributed by atoms with Crippen molar-refractivity contribution in [1.29, 1.82) is 5.26 Å². The second-order valence-electron chi connectivity index (χ2n) is 5.82. The number of nitrogens with zero attached hydrogens (tertiary/aromatic N) is 1. The fraction of sp³-hybridized carbons (Fsp3) is 0.625. The van der Waals surface area contributed by atoms with Gasteiger partial charge in [-0.1, -0.05) is 13.3 Å². The van der Waals surface area contributed by atoms with Gasteiger partial charge in [-0.3, -0.25) is 4.79 Å². The van der Waals surface area contributed by atoms with E-state index in [2.05, 4.69) is 18.3 Å². The first-order valence-corrected chi connectivity index (χ1v) is 8.52. The van der Waals surface area contributed by atoms with E-state index in [1.165, 1.54) is 10.4 Å². The molecular formula is C16H23N3OS. The molecule has 114 valence electrons. The Kier molecular flexibility index (Phi) is 5.77. The Morgan fingerprint density at radius 2 is 2.29 bits per heavy atom. The fourth-order valence-corrected chi connectivity index (χ4v) is 4.13. The lowest BCUT2D eigenvalue weighted by Gasteiger charge is -2.17. The number of nitrogens with one attached hydrogen (secondary N) is 1. The maximum Gasteiger partial charge on any atom is 0.225 e. The molecule has 0 aromatic carbocycles. The van der Waals surface area contributed by atoms with Gasteiger partial charge in [-0.15, -0.1) is 11.3 Å². The Hall–Kier alpha value is -1.38. The SMILES string of the molecule is CC1CCc2c(sc(NC(=O)CCCCCN)c2C#N)C1. The highest BCUT2D eigenvalue weighted by atomic mass is 32.1. The third-order valence-corrected chi connectivity index (χ3v) is 5.15. The van der Waals surface area contributed by atoms with E-state index < -0.39 is 0 Å². The second-order valence-corrected chi connectivity index (χ2v) is 6.92. The molecule has 0 aliphatic heterocycles. The molecule has 1 unspecified atom stereocenters. The Labute approximate surface area is 130 Å². The lowest BCUT2D eigenvalue weighted by atomic mass is 9.88. The number of thiophene rings is 1. The summed E-state index contributed by atoms with van der Waals surface area (Å²) in [4.78, 5) is 13.3. The third kappa shape index (κ3) is 4.05. The van der Waals surface area contributed by atoms with Gasteiger partial charge in [0, 0.05) is 11.3 Å². The monoisotopic (exact) mass is 305 g/mol. The van der Waals surface area contributed by atoms with Crippen molar-refractivity contribution in [2.45, 2.75) is 51.9 Å². The van der Waals surface area contributed by atoms with Crippen molar-refractivity contribution in [3.05, 3.63) is 16.0 Å². The zero-order chi connectivity index (χ0) is 15.2. The molecule has 5 heteroatoms. The number of amides is 1. The number of nitriles is 1. The van der Waals surface area contributed by atoms with Crippen molar-refractivity contribution in [3.63, 3.8) is 0 Å². The van der Waals surface area contributed by atoms with Gasteiger partial charge in [-0.05, 0) is 50.1 Å². The number of unbranched alkanes of at least 4 members (excludes halogenated alkanes) is 2. The number of rotatable bonds is 6. The summed E-state index contributed by atoms with van der Waals surface area (Å²) in [7, 11) is 0. The summed E-state index contributed by atoms with van der Waals surface area (Å²) in [5.41, 5.74) is 7.30. The molecule has 4 nitrogen and oxygen atoms in total. The van der Waals surface area contributed by atoms with Gasteiger partial charge in [0.15, 0.2) is 0 Å². The van der Waals surface area contributed by atoms with Gasteiger partial charge in [-0.25, -0.2) is 0 Å². The Morgan fingerprint density at radius 1 is 1.48 bits per heavy atom. The molecule has 1 aliphatic carbocycles. The minimum Gasteiger partial charge on any atom is -0.330 e. The zero-order valence-corrected chi connectivity index (χ0v) is 13.4. The highest BCUT2D eigenvalue weighted by Crippen LogP contribution is 2.39. The van der Waals surface area contributed by atoms with Crippen LogP contribution in [0, 0.1) is 17.2 Å². The highest BCUT2D eigenvalue weighted by molar-refractivity contribution is 7.16. The minimum absolute atomic E-state index is 0.00941. The van der Waals surface area contributed by atoms with E-state index in [0.29, 0.717) is 24.4 Å². The van der Waals surface area contributed by atoms with Gasteiger partial charge in [0.2, 0.25) is 5.91 Å². The zero-order valence-electron chi connectivity index (χ0n) is 12.6. The maximum absolute atomic E-state index is 12.0. The Bertz CT molecular complexity index is 544. The van der Waals surface area contributed by atoms with Crippen molar-refractivity contribution in [3.8, 4) is 6.07 Å². The molecule has 1 heterocycles. The molecular weight excluding hydrogens is 282 g/mol. The summed E-state index contributed by atoms with van der Waals surface area (Å²) in [6.07, 6.45) is 6.42. The van der Waals surface area contributed by atoms with Crippen molar-refractivity contribution in [2.24, 2.45) is 11.7 Å². The van der Waals surface area contributed by atoms with E-state index in [1.807, 2.05) is 0 Å². The number of anilines is 1. The van der Waals surface area contributed by atoms with E-state index >= 15 is 0 Å². The minimum atomic E-state index is 0.00941. The number of nitrogens with two attached hydrogens (primary N) is 1. The Balaban J connectivity index is 2.00. The average molecular weight is 305 g/mol. The van der Waals surface area contributed by atoms with E-state index in [-0.39, 0.29) is 5.91 Å². The summed E-state index contributed by atoms with van der Waals surface area (Å²) in [5, 5.41) is 13.1. The number of carbonyl (C=O) groups is 1. The number of hydrogen-bond acceptors (Lipinski definition) is 4. The number of fused-ring (bicyclic) bond motifs is 1. The van der Waals surface area contributed by atoms with Crippen molar-refractivity contribution in [2.75, 3.05) is 11.9 Å². The molecule has 0 radical (unpaired) electrons. The van der Waals surface area contributed by atoms with Crippen LogP contribution in [0.3, 0.4) is 0 Å². The first-order chi connectivity index (χ1) is 10.2. The lowest BCUT2D eigenvalue weighted by Crippen LogP contribution is -2.11. The number of carbonyl (C=O) groups excluding carboxylic acids is 1. The van der Waals surface area contributed by atoms with Crippen LogP contribution >= 0.6 is 11.3 Å². The number of hydrogen-bond donors (Lipinski definition) is 2. The molecule has 0 fully saturated rings. The predicted molar refractivity (Wildman–Crippen MR) is 86.4 cm³/mol. The van der Waals surface area contributed by atoms with Crippen LogP contribution in [0.4, 0.5) is 5.00 Å². The lowest BCUT2D eigenvalue weighted by molar-refractivity contribution is -0.116. The summed E-state index contributed by atoms with van der Waals surface area (Å²) in [6.45, 7) is 2.92. The largest absolute Gasteiger partial charge is 0.330 e. The van der Waals surface area contributed by atoms with Crippen molar-refractivity contribution < 1.29 is 4.79 Å².